The number of aliphatic carboxylic acids is 1. The molecule has 5 aromatic rings. The number of amides is 3. The van der Waals surface area contributed by atoms with E-state index in [1.807, 2.05) is 30.3 Å². The highest BCUT2D eigenvalue weighted by molar-refractivity contribution is 7.21. The molecule has 1 atom stereocenters. The number of benzene rings is 4. The number of para-hydroxylation sites is 1. The lowest BCUT2D eigenvalue weighted by Gasteiger charge is -2.26. The Bertz CT molecular complexity index is 2010. The van der Waals surface area contributed by atoms with Crippen molar-refractivity contribution < 1.29 is 42.5 Å². The summed E-state index contributed by atoms with van der Waals surface area (Å²) >= 11 is 1.20. The Morgan fingerprint density at radius 3 is 2.33 bits per heavy atom. The third-order valence-electron chi connectivity index (χ3n) is 8.81. The number of fused-ring (bicyclic) bond motifs is 1. The van der Waals surface area contributed by atoms with Crippen LogP contribution < -0.4 is 20.3 Å². The number of thiazole rings is 1. The second-order valence-electron chi connectivity index (χ2n) is 12.4. The van der Waals surface area contributed by atoms with E-state index in [1.54, 1.807) is 30.3 Å². The summed E-state index contributed by atoms with van der Waals surface area (Å²) in [7, 11) is 0. The molecule has 1 saturated carbocycles. The maximum Gasteiger partial charge on any atom is 0.573 e. The molecule has 3 amide bonds. The Balaban J connectivity index is 1.27. The summed E-state index contributed by atoms with van der Waals surface area (Å²) < 4.78 is 45.3. The fourth-order valence-electron chi connectivity index (χ4n) is 6.13. The number of carbonyl (C=O) groups is 3. The molecule has 14 heteroatoms. The third-order valence-corrected chi connectivity index (χ3v) is 9.87. The number of aliphatic hydroxyl groups is 1. The quantitative estimate of drug-likeness (QED) is 0.107. The summed E-state index contributed by atoms with van der Waals surface area (Å²) in [5, 5.41) is 23.8. The van der Waals surface area contributed by atoms with Gasteiger partial charge in [0.2, 0.25) is 0 Å². The van der Waals surface area contributed by atoms with E-state index in [-0.39, 0.29) is 28.4 Å². The molecular formula is C38H35F3N4O6S. The number of ether oxygens (including phenoxy) is 1. The molecule has 270 valence electrons. The Morgan fingerprint density at radius 2 is 1.65 bits per heavy atom. The summed E-state index contributed by atoms with van der Waals surface area (Å²) in [6.45, 7) is -0.404. The molecule has 0 radical (unpaired) electrons. The fourth-order valence-corrected chi connectivity index (χ4v) is 7.12. The summed E-state index contributed by atoms with van der Waals surface area (Å²) in [6, 6.07) is 24.6. The molecule has 1 heterocycles. The molecule has 52 heavy (non-hydrogen) atoms. The predicted molar refractivity (Wildman–Crippen MR) is 192 cm³/mol. The van der Waals surface area contributed by atoms with Gasteiger partial charge in [-0.05, 0) is 84.5 Å². The lowest BCUT2D eigenvalue weighted by Crippen LogP contribution is -2.36. The van der Waals surface area contributed by atoms with Gasteiger partial charge in [0.15, 0.2) is 6.10 Å². The van der Waals surface area contributed by atoms with Crippen molar-refractivity contribution in [2.75, 3.05) is 16.8 Å². The van der Waals surface area contributed by atoms with Crippen LogP contribution in [0.1, 0.15) is 59.5 Å². The molecule has 4 aromatic carbocycles. The number of urea groups is 1. The molecule has 0 spiro atoms. The lowest BCUT2D eigenvalue weighted by atomic mass is 9.84. The van der Waals surface area contributed by atoms with Crippen LogP contribution in [0.25, 0.3) is 20.8 Å². The van der Waals surface area contributed by atoms with Crippen LogP contribution >= 0.6 is 11.3 Å². The highest BCUT2D eigenvalue weighted by atomic mass is 32.1. The van der Waals surface area contributed by atoms with E-state index in [2.05, 4.69) is 20.4 Å². The van der Waals surface area contributed by atoms with Gasteiger partial charge < -0.3 is 25.6 Å². The standard InChI is InChI=1S/C38H35F3N4O6S/c39-38(40,41)51-32-19-16-27(20-29(32)35-44-30-8-4-5-9-33(30)52-35)43-37(50)45(28-17-14-25(15-18-28)24-6-2-1-3-7-24)22-23-10-12-26(13-11-23)34(47)42-21-31(46)36(48)49/h4-5,8-20,24,31,46H,1-3,6-7,21-22H2,(H,42,47)(H,43,50)(H,48,49)/t31-/m1/s1. The predicted octanol–water partition coefficient (Wildman–Crippen LogP) is 8.32. The molecule has 1 aliphatic carbocycles. The zero-order valence-electron chi connectivity index (χ0n) is 27.7. The molecule has 4 N–H and O–H groups in total. The second-order valence-corrected chi connectivity index (χ2v) is 13.5. The average molecular weight is 733 g/mol. The molecule has 1 fully saturated rings. The van der Waals surface area contributed by atoms with Gasteiger partial charge in [-0.2, -0.15) is 0 Å². The summed E-state index contributed by atoms with van der Waals surface area (Å²) in [6.07, 6.45) is -0.940. The number of carbonyl (C=O) groups excluding carboxylic acids is 2. The van der Waals surface area contributed by atoms with Crippen molar-refractivity contribution in [1.82, 2.24) is 10.3 Å². The largest absolute Gasteiger partial charge is 0.573 e. The van der Waals surface area contributed by atoms with Crippen LogP contribution in [0.4, 0.5) is 29.3 Å². The van der Waals surface area contributed by atoms with Gasteiger partial charge >= 0.3 is 18.4 Å². The van der Waals surface area contributed by atoms with E-state index in [0.717, 1.165) is 23.6 Å². The van der Waals surface area contributed by atoms with Gasteiger partial charge in [-0.25, -0.2) is 14.6 Å². The number of carboxylic acids is 1. The van der Waals surface area contributed by atoms with Gasteiger partial charge in [0.05, 0.1) is 28.9 Å². The Labute approximate surface area is 300 Å². The topological polar surface area (TPSA) is 141 Å². The van der Waals surface area contributed by atoms with E-state index in [1.165, 1.54) is 65.3 Å². The molecular weight excluding hydrogens is 698 g/mol. The number of aromatic nitrogens is 1. The molecule has 0 unspecified atom stereocenters. The Morgan fingerprint density at radius 1 is 0.942 bits per heavy atom. The first kappa shape index (κ1) is 36.3. The third kappa shape index (κ3) is 9.06. The monoisotopic (exact) mass is 732 g/mol. The van der Waals surface area contributed by atoms with Crippen LogP contribution in [0, 0.1) is 0 Å². The van der Waals surface area contributed by atoms with Crippen LogP contribution in [-0.2, 0) is 11.3 Å². The minimum absolute atomic E-state index is 0.0597. The van der Waals surface area contributed by atoms with E-state index >= 15 is 0 Å². The zero-order chi connectivity index (χ0) is 36.8. The van der Waals surface area contributed by atoms with Crippen LogP contribution in [-0.4, -0.2) is 52.1 Å². The van der Waals surface area contributed by atoms with Gasteiger partial charge in [0.25, 0.3) is 5.91 Å². The second kappa shape index (κ2) is 15.8. The van der Waals surface area contributed by atoms with Gasteiger partial charge in [-0.3, -0.25) is 9.69 Å². The van der Waals surface area contributed by atoms with Gasteiger partial charge in [-0.15, -0.1) is 24.5 Å². The highest BCUT2D eigenvalue weighted by Gasteiger charge is 2.33. The Hall–Kier alpha value is -5.47. The molecule has 1 aliphatic rings. The van der Waals surface area contributed by atoms with Crippen LogP contribution in [0.5, 0.6) is 5.75 Å². The minimum atomic E-state index is -4.95. The zero-order valence-corrected chi connectivity index (χ0v) is 28.5. The molecule has 10 nitrogen and oxygen atoms in total. The molecule has 0 bridgehead atoms. The highest BCUT2D eigenvalue weighted by Crippen LogP contribution is 2.40. The number of hydrogen-bond donors (Lipinski definition) is 4. The van der Waals surface area contributed by atoms with Gasteiger partial charge in [0.1, 0.15) is 10.8 Å². The number of hydrogen-bond acceptors (Lipinski definition) is 7. The molecule has 1 aromatic heterocycles. The number of halogens is 3. The van der Waals surface area contributed by atoms with Crippen molar-refractivity contribution in [2.45, 2.75) is 57.0 Å². The van der Waals surface area contributed by atoms with Gasteiger partial charge in [0, 0.05) is 16.9 Å². The number of alkyl halides is 3. The summed E-state index contributed by atoms with van der Waals surface area (Å²) in [5.74, 6) is -2.05. The van der Waals surface area contributed by atoms with Gasteiger partial charge in [-0.1, -0.05) is 55.7 Å². The smallest absolute Gasteiger partial charge is 0.479 e. The number of nitrogens with one attached hydrogen (secondary N) is 2. The number of rotatable bonds is 11. The number of anilines is 2. The van der Waals surface area contributed by atoms with Crippen molar-refractivity contribution in [1.29, 1.82) is 0 Å². The van der Waals surface area contributed by atoms with Crippen molar-refractivity contribution >= 4 is 50.8 Å². The van der Waals surface area contributed by atoms with E-state index in [0.29, 0.717) is 22.7 Å². The first-order valence-electron chi connectivity index (χ1n) is 16.7. The maximum atomic E-state index is 14.0. The maximum absolute atomic E-state index is 14.0. The fraction of sp³-hybridized carbons (Fsp3) is 0.263. The number of aliphatic hydroxyl groups excluding tert-OH is 1. The normalized spacial score (nSPS) is 14.1. The number of nitrogens with zero attached hydrogens (tertiary/aromatic N) is 2. The molecule has 0 saturated heterocycles. The van der Waals surface area contributed by atoms with Crippen molar-refractivity contribution in [3.8, 4) is 16.3 Å². The summed E-state index contributed by atoms with van der Waals surface area (Å²) in [4.78, 5) is 43.4. The molecule has 6 rings (SSSR count). The van der Waals surface area contributed by atoms with Crippen LogP contribution in [0.2, 0.25) is 0 Å². The number of carboxylic acid groups (broad SMARTS) is 1. The Kier molecular flexibility index (Phi) is 11.1. The average Bonchev–Trinajstić information content (AvgIpc) is 3.58. The SMILES string of the molecule is O=C(NC[C@@H](O)C(=O)O)c1ccc(CN(C(=O)Nc2ccc(OC(F)(F)F)c(-c3nc4ccccc4s3)c2)c2ccc(C3CCCCC3)cc2)cc1. The van der Waals surface area contributed by atoms with Crippen molar-refractivity contribution in [2.24, 2.45) is 0 Å². The molecule has 0 aliphatic heterocycles. The van der Waals surface area contributed by atoms with E-state index in [4.69, 9.17) is 5.11 Å². The van der Waals surface area contributed by atoms with Crippen molar-refractivity contribution in [3.63, 3.8) is 0 Å². The first-order valence-corrected chi connectivity index (χ1v) is 17.5. The lowest BCUT2D eigenvalue weighted by molar-refractivity contribution is -0.274. The van der Waals surface area contributed by atoms with E-state index in [9.17, 15) is 32.7 Å². The van der Waals surface area contributed by atoms with Crippen molar-refractivity contribution in [3.05, 3.63) is 108 Å². The summed E-state index contributed by atoms with van der Waals surface area (Å²) in [5.41, 5.74) is 3.52. The van der Waals surface area contributed by atoms with Crippen LogP contribution in [0.15, 0.2) is 91.0 Å². The van der Waals surface area contributed by atoms with E-state index < -0.39 is 42.7 Å². The van der Waals surface area contributed by atoms with Crippen LogP contribution in [0.3, 0.4) is 0 Å². The first-order chi connectivity index (χ1) is 24.9. The minimum Gasteiger partial charge on any atom is -0.479 e.